The van der Waals surface area contributed by atoms with E-state index >= 15 is 0 Å². The molecule has 0 aromatic carbocycles. The van der Waals surface area contributed by atoms with E-state index in [9.17, 15) is 5.11 Å². The van der Waals surface area contributed by atoms with E-state index in [1.165, 1.54) is 38.6 Å². The number of hydrogen-bond donors (Lipinski definition) is 2. The third-order valence-electron chi connectivity index (χ3n) is 4.17. The van der Waals surface area contributed by atoms with Crippen molar-refractivity contribution in [3.8, 4) is 0 Å². The lowest BCUT2D eigenvalue weighted by Gasteiger charge is -2.33. The van der Waals surface area contributed by atoms with Gasteiger partial charge >= 0.3 is 0 Å². The molecular weight excluding hydrogens is 200 g/mol. The van der Waals surface area contributed by atoms with Gasteiger partial charge in [-0.1, -0.05) is 19.3 Å². The van der Waals surface area contributed by atoms with Gasteiger partial charge in [0.15, 0.2) is 0 Å². The highest BCUT2D eigenvalue weighted by Gasteiger charge is 2.23. The molecule has 1 saturated carbocycles. The number of aliphatic hydroxyl groups excluding tert-OH is 1. The van der Waals surface area contributed by atoms with Crippen LogP contribution in [0.25, 0.3) is 0 Å². The van der Waals surface area contributed by atoms with Crippen LogP contribution >= 0.6 is 0 Å². The van der Waals surface area contributed by atoms with Gasteiger partial charge in [0.2, 0.25) is 0 Å². The third-order valence-corrected chi connectivity index (χ3v) is 4.17. The van der Waals surface area contributed by atoms with E-state index in [2.05, 4.69) is 10.2 Å². The van der Waals surface area contributed by atoms with Gasteiger partial charge in [-0.2, -0.15) is 0 Å². The van der Waals surface area contributed by atoms with Crippen molar-refractivity contribution in [3.63, 3.8) is 0 Å². The Kier molecular flexibility index (Phi) is 5.07. The summed E-state index contributed by atoms with van der Waals surface area (Å²) in [6.07, 6.45) is 8.18. The predicted octanol–water partition coefficient (Wildman–Crippen LogP) is 1.22. The van der Waals surface area contributed by atoms with Crippen LogP contribution in [0.2, 0.25) is 0 Å². The summed E-state index contributed by atoms with van der Waals surface area (Å²) >= 11 is 0. The Morgan fingerprint density at radius 1 is 1.06 bits per heavy atom. The molecule has 1 saturated heterocycles. The van der Waals surface area contributed by atoms with Gasteiger partial charge in [-0.25, -0.2) is 0 Å². The van der Waals surface area contributed by atoms with Crippen molar-refractivity contribution in [2.45, 2.75) is 44.6 Å². The van der Waals surface area contributed by atoms with E-state index in [1.807, 2.05) is 0 Å². The van der Waals surface area contributed by atoms with Crippen LogP contribution in [0.15, 0.2) is 0 Å². The predicted molar refractivity (Wildman–Crippen MR) is 66.5 cm³/mol. The van der Waals surface area contributed by atoms with Gasteiger partial charge in [0, 0.05) is 25.7 Å². The minimum atomic E-state index is 0.328. The van der Waals surface area contributed by atoms with Gasteiger partial charge in [0.1, 0.15) is 0 Å². The van der Waals surface area contributed by atoms with Crippen LogP contribution in [0.1, 0.15) is 38.5 Å². The molecule has 1 aliphatic carbocycles. The summed E-state index contributed by atoms with van der Waals surface area (Å²) in [6, 6.07) is 0.400. The van der Waals surface area contributed by atoms with Gasteiger partial charge in [-0.3, -0.25) is 4.90 Å². The normalized spacial score (nSPS) is 30.2. The number of nitrogens with zero attached hydrogens (tertiary/aromatic N) is 1. The highest BCUT2D eigenvalue weighted by Crippen LogP contribution is 2.25. The molecule has 2 aliphatic rings. The molecule has 0 aromatic rings. The van der Waals surface area contributed by atoms with Crippen molar-refractivity contribution in [3.05, 3.63) is 0 Å². The molecule has 1 atom stereocenters. The molecule has 16 heavy (non-hydrogen) atoms. The monoisotopic (exact) mass is 226 g/mol. The minimum absolute atomic E-state index is 0.328. The Morgan fingerprint density at radius 3 is 2.62 bits per heavy atom. The molecule has 2 fully saturated rings. The lowest BCUT2D eigenvalue weighted by atomic mass is 9.88. The maximum atomic E-state index is 9.45. The van der Waals surface area contributed by atoms with E-state index in [4.69, 9.17) is 0 Å². The molecule has 0 bridgehead atoms. The van der Waals surface area contributed by atoms with Crippen LogP contribution in [0.5, 0.6) is 0 Å². The van der Waals surface area contributed by atoms with Crippen molar-refractivity contribution in [2.24, 2.45) is 5.92 Å². The quantitative estimate of drug-likeness (QED) is 0.759. The fourth-order valence-corrected chi connectivity index (χ4v) is 3.13. The van der Waals surface area contributed by atoms with Gasteiger partial charge in [-0.15, -0.1) is 0 Å². The molecule has 2 N–H and O–H groups in total. The van der Waals surface area contributed by atoms with Crippen LogP contribution < -0.4 is 5.32 Å². The zero-order chi connectivity index (χ0) is 11.2. The second kappa shape index (κ2) is 6.58. The van der Waals surface area contributed by atoms with E-state index in [1.54, 1.807) is 0 Å². The third kappa shape index (κ3) is 3.44. The first-order valence-corrected chi connectivity index (χ1v) is 6.96. The fraction of sp³-hybridized carbons (Fsp3) is 1.00. The molecule has 0 amide bonds. The van der Waals surface area contributed by atoms with E-state index < -0.39 is 0 Å². The van der Waals surface area contributed by atoms with E-state index in [0.717, 1.165) is 32.0 Å². The van der Waals surface area contributed by atoms with Crippen molar-refractivity contribution in [1.29, 1.82) is 0 Å². The second-order valence-corrected chi connectivity index (χ2v) is 5.37. The van der Waals surface area contributed by atoms with Crippen LogP contribution in [0.4, 0.5) is 0 Å². The highest BCUT2D eigenvalue weighted by molar-refractivity contribution is 4.79. The molecule has 0 aromatic heterocycles. The maximum Gasteiger partial charge on any atom is 0.0587 e. The number of nitrogens with one attached hydrogen (secondary N) is 1. The summed E-state index contributed by atoms with van der Waals surface area (Å²) < 4.78 is 0. The topological polar surface area (TPSA) is 35.5 Å². The van der Waals surface area contributed by atoms with Gasteiger partial charge in [0.25, 0.3) is 0 Å². The Hall–Kier alpha value is -0.120. The largest absolute Gasteiger partial charge is 0.395 e. The summed E-state index contributed by atoms with van der Waals surface area (Å²) in [7, 11) is 0. The summed E-state index contributed by atoms with van der Waals surface area (Å²) in [5, 5.41) is 12.9. The Bertz CT molecular complexity index is 192. The molecule has 0 unspecified atom stereocenters. The average molecular weight is 226 g/mol. The molecular formula is C13H26N2O. The average Bonchev–Trinajstić information content (AvgIpc) is 2.55. The molecule has 0 spiro atoms. The standard InChI is InChI=1S/C13H26N2O/c16-11-13-6-7-14-8-9-15(13)10-12-4-2-1-3-5-12/h12-14,16H,1-11H2/t13-/m0/s1. The second-order valence-electron chi connectivity index (χ2n) is 5.37. The zero-order valence-electron chi connectivity index (χ0n) is 10.3. The summed E-state index contributed by atoms with van der Waals surface area (Å²) in [5.41, 5.74) is 0. The Balaban J connectivity index is 1.83. The first-order chi connectivity index (χ1) is 7.90. The maximum absolute atomic E-state index is 9.45. The molecule has 94 valence electrons. The molecule has 0 radical (unpaired) electrons. The minimum Gasteiger partial charge on any atom is -0.395 e. The molecule has 3 nitrogen and oxygen atoms in total. The van der Waals surface area contributed by atoms with Crippen LogP contribution in [-0.2, 0) is 0 Å². The fourth-order valence-electron chi connectivity index (χ4n) is 3.13. The number of aliphatic hydroxyl groups is 1. The van der Waals surface area contributed by atoms with Gasteiger partial charge in [0.05, 0.1) is 6.61 Å². The molecule has 2 rings (SSSR count). The van der Waals surface area contributed by atoms with Crippen molar-refractivity contribution in [1.82, 2.24) is 10.2 Å². The van der Waals surface area contributed by atoms with E-state index in [-0.39, 0.29) is 0 Å². The van der Waals surface area contributed by atoms with Crippen molar-refractivity contribution < 1.29 is 5.11 Å². The zero-order valence-corrected chi connectivity index (χ0v) is 10.3. The SMILES string of the molecule is OC[C@@H]1CCNCCN1CC1CCCCC1. The smallest absolute Gasteiger partial charge is 0.0587 e. The van der Waals surface area contributed by atoms with Crippen LogP contribution in [-0.4, -0.2) is 48.8 Å². The summed E-state index contributed by atoms with van der Waals surface area (Å²) in [6.45, 7) is 4.80. The van der Waals surface area contributed by atoms with Crippen LogP contribution in [0, 0.1) is 5.92 Å². The van der Waals surface area contributed by atoms with Gasteiger partial charge in [-0.05, 0) is 31.7 Å². The van der Waals surface area contributed by atoms with E-state index in [0.29, 0.717) is 12.6 Å². The molecule has 1 aliphatic heterocycles. The number of rotatable bonds is 3. The van der Waals surface area contributed by atoms with Gasteiger partial charge < -0.3 is 10.4 Å². The van der Waals surface area contributed by atoms with Crippen molar-refractivity contribution >= 4 is 0 Å². The highest BCUT2D eigenvalue weighted by atomic mass is 16.3. The number of hydrogen-bond acceptors (Lipinski definition) is 3. The first kappa shape index (κ1) is 12.3. The van der Waals surface area contributed by atoms with Crippen molar-refractivity contribution in [2.75, 3.05) is 32.8 Å². The van der Waals surface area contributed by atoms with Crippen LogP contribution in [0.3, 0.4) is 0 Å². The molecule has 3 heteroatoms. The first-order valence-electron chi connectivity index (χ1n) is 6.96. The summed E-state index contributed by atoms with van der Waals surface area (Å²) in [4.78, 5) is 2.52. The summed E-state index contributed by atoms with van der Waals surface area (Å²) in [5.74, 6) is 0.890. The lowest BCUT2D eigenvalue weighted by molar-refractivity contribution is 0.104. The Morgan fingerprint density at radius 2 is 1.88 bits per heavy atom. The lowest BCUT2D eigenvalue weighted by Crippen LogP contribution is -2.42. The molecule has 1 heterocycles. The Labute approximate surface area is 99.2 Å².